The van der Waals surface area contributed by atoms with Gasteiger partial charge in [0.25, 0.3) is 0 Å². The molecule has 0 spiro atoms. The third-order valence-corrected chi connectivity index (χ3v) is 3.56. The topological polar surface area (TPSA) is 26.0 Å². The molecule has 1 aromatic carbocycles. The van der Waals surface area contributed by atoms with Crippen LogP contribution < -0.4 is 5.73 Å². The van der Waals surface area contributed by atoms with Crippen LogP contribution in [0.1, 0.15) is 51.2 Å². The van der Waals surface area contributed by atoms with Crippen molar-refractivity contribution >= 4 is 11.3 Å². The number of alkyl halides is 1. The van der Waals surface area contributed by atoms with Crippen LogP contribution in [0, 0.1) is 6.92 Å². The van der Waals surface area contributed by atoms with Gasteiger partial charge in [-0.1, -0.05) is 38.1 Å². The number of allylic oxidation sites excluding steroid dienone is 4. The molecule has 0 aliphatic carbocycles. The summed E-state index contributed by atoms with van der Waals surface area (Å²) >= 11 is 0. The minimum absolute atomic E-state index is 0.443. The van der Waals surface area contributed by atoms with E-state index in [-0.39, 0.29) is 0 Å². The molecule has 0 saturated carbocycles. The van der Waals surface area contributed by atoms with Gasteiger partial charge in [-0.3, -0.25) is 0 Å². The maximum atomic E-state index is 13.9. The normalized spacial score (nSPS) is 15.6. The van der Waals surface area contributed by atoms with Gasteiger partial charge in [0, 0.05) is 5.69 Å². The van der Waals surface area contributed by atoms with Crippen LogP contribution in [0.25, 0.3) is 5.57 Å². The lowest BCUT2D eigenvalue weighted by Crippen LogP contribution is -2.14. The third-order valence-electron chi connectivity index (χ3n) is 3.56. The smallest absolute Gasteiger partial charge is 0.111 e. The Morgan fingerprint density at radius 2 is 2.05 bits per heavy atom. The highest BCUT2D eigenvalue weighted by molar-refractivity contribution is 5.76. The van der Waals surface area contributed by atoms with E-state index in [1.165, 1.54) is 0 Å². The average Bonchev–Trinajstić information content (AvgIpc) is 2.38. The van der Waals surface area contributed by atoms with Crippen molar-refractivity contribution in [2.45, 2.75) is 52.6 Å². The Bertz CT molecular complexity index is 498. The molecule has 0 heterocycles. The lowest BCUT2D eigenvalue weighted by molar-refractivity contribution is 0.187. The van der Waals surface area contributed by atoms with E-state index in [1.54, 1.807) is 6.92 Å². The molecule has 20 heavy (non-hydrogen) atoms. The van der Waals surface area contributed by atoms with Crippen LogP contribution >= 0.6 is 0 Å². The number of nitrogen functional groups attached to an aromatic ring is 1. The number of rotatable bonds is 6. The van der Waals surface area contributed by atoms with Gasteiger partial charge in [0.15, 0.2) is 0 Å². The lowest BCUT2D eigenvalue weighted by atomic mass is 9.96. The summed E-state index contributed by atoms with van der Waals surface area (Å²) in [5.41, 5.74) is 8.88. The maximum absolute atomic E-state index is 13.9. The predicted molar refractivity (Wildman–Crippen MR) is 87.4 cm³/mol. The fourth-order valence-electron chi connectivity index (χ4n) is 2.07. The molecule has 1 atom stereocenters. The molecule has 1 rings (SSSR count). The molecule has 0 saturated heterocycles. The largest absolute Gasteiger partial charge is 0.399 e. The second kappa shape index (κ2) is 7.28. The van der Waals surface area contributed by atoms with Crippen LogP contribution in [0.4, 0.5) is 10.1 Å². The third kappa shape index (κ3) is 4.84. The van der Waals surface area contributed by atoms with Crippen molar-refractivity contribution in [3.63, 3.8) is 0 Å². The summed E-state index contributed by atoms with van der Waals surface area (Å²) in [6.07, 6.45) is 8.04. The number of anilines is 1. The molecule has 1 nitrogen and oxygen atoms in total. The molecule has 0 aromatic heterocycles. The number of halogens is 1. The molecular weight excluding hydrogens is 249 g/mol. The van der Waals surface area contributed by atoms with Gasteiger partial charge in [0.2, 0.25) is 0 Å². The number of aryl methyl sites for hydroxylation is 1. The van der Waals surface area contributed by atoms with Crippen LogP contribution in [0.15, 0.2) is 36.4 Å². The van der Waals surface area contributed by atoms with Crippen LogP contribution in [-0.4, -0.2) is 5.67 Å². The van der Waals surface area contributed by atoms with Gasteiger partial charge >= 0.3 is 0 Å². The van der Waals surface area contributed by atoms with E-state index in [4.69, 9.17) is 5.73 Å². The summed E-state index contributed by atoms with van der Waals surface area (Å²) in [6.45, 7) is 7.68. The minimum atomic E-state index is -1.12. The molecule has 0 bridgehead atoms. The molecule has 0 fully saturated rings. The molecule has 1 unspecified atom stereocenters. The number of nitrogens with two attached hydrogens (primary N) is 1. The fraction of sp³-hybridized carbons (Fsp3) is 0.444. The predicted octanol–water partition coefficient (Wildman–Crippen LogP) is 5.46. The molecule has 110 valence electrons. The first-order chi connectivity index (χ1) is 9.39. The second-order valence-electron chi connectivity index (χ2n) is 5.52. The minimum Gasteiger partial charge on any atom is -0.399 e. The van der Waals surface area contributed by atoms with Gasteiger partial charge in [0.1, 0.15) is 5.67 Å². The fourth-order valence-corrected chi connectivity index (χ4v) is 2.07. The van der Waals surface area contributed by atoms with Crippen molar-refractivity contribution < 1.29 is 4.39 Å². The number of hydrogen-bond donors (Lipinski definition) is 1. The van der Waals surface area contributed by atoms with E-state index >= 15 is 0 Å². The zero-order valence-corrected chi connectivity index (χ0v) is 13.0. The summed E-state index contributed by atoms with van der Waals surface area (Å²) in [4.78, 5) is 0. The van der Waals surface area contributed by atoms with Gasteiger partial charge in [-0.05, 0) is 61.9 Å². The molecule has 2 N–H and O–H groups in total. The van der Waals surface area contributed by atoms with E-state index < -0.39 is 5.67 Å². The summed E-state index contributed by atoms with van der Waals surface area (Å²) in [7, 11) is 0. The van der Waals surface area contributed by atoms with Crippen LogP contribution in [0.5, 0.6) is 0 Å². The molecule has 1 aromatic rings. The average molecular weight is 275 g/mol. The summed E-state index contributed by atoms with van der Waals surface area (Å²) in [5.74, 6) is 0. The summed E-state index contributed by atoms with van der Waals surface area (Å²) < 4.78 is 13.9. The van der Waals surface area contributed by atoms with Gasteiger partial charge in [-0.2, -0.15) is 0 Å². The van der Waals surface area contributed by atoms with E-state index in [0.717, 1.165) is 28.8 Å². The zero-order valence-electron chi connectivity index (χ0n) is 13.0. The maximum Gasteiger partial charge on any atom is 0.111 e. The second-order valence-corrected chi connectivity index (χ2v) is 5.52. The Labute approximate surface area is 122 Å². The molecule has 2 heteroatoms. The Morgan fingerprint density at radius 3 is 2.60 bits per heavy atom. The molecule has 0 radical (unpaired) electrons. The highest BCUT2D eigenvalue weighted by Crippen LogP contribution is 2.25. The lowest BCUT2D eigenvalue weighted by Gasteiger charge is -2.15. The SMILES string of the molecule is CC/C=C(\C=C/CC(C)(F)CC)c1ccc(N)cc1C. The van der Waals surface area contributed by atoms with Crippen LogP contribution in [0.3, 0.4) is 0 Å². The van der Waals surface area contributed by atoms with Gasteiger partial charge in [0.05, 0.1) is 0 Å². The van der Waals surface area contributed by atoms with Gasteiger partial charge in [-0.15, -0.1) is 0 Å². The first-order valence-electron chi connectivity index (χ1n) is 7.31. The van der Waals surface area contributed by atoms with Crippen LogP contribution in [-0.2, 0) is 0 Å². The first-order valence-corrected chi connectivity index (χ1v) is 7.31. The van der Waals surface area contributed by atoms with E-state index in [2.05, 4.69) is 13.0 Å². The molecular formula is C18H26FN. The van der Waals surface area contributed by atoms with Gasteiger partial charge < -0.3 is 5.73 Å². The monoisotopic (exact) mass is 275 g/mol. The van der Waals surface area contributed by atoms with Crippen molar-refractivity contribution in [3.05, 3.63) is 47.6 Å². The summed E-state index contributed by atoms with van der Waals surface area (Å²) in [6, 6.07) is 5.91. The Hall–Kier alpha value is -1.57. The standard InChI is InChI=1S/C18H26FN/c1-5-8-15(9-7-12-18(4,19)6-2)17-11-10-16(20)13-14(17)3/h7-11,13H,5-6,12,20H2,1-4H3/b9-7-,15-8+. The van der Waals surface area contributed by atoms with Gasteiger partial charge in [-0.25, -0.2) is 4.39 Å². The van der Waals surface area contributed by atoms with Crippen molar-refractivity contribution in [2.75, 3.05) is 5.73 Å². The van der Waals surface area contributed by atoms with E-state index in [9.17, 15) is 4.39 Å². The molecule has 0 aliphatic heterocycles. The zero-order chi connectivity index (χ0) is 15.2. The highest BCUT2D eigenvalue weighted by Gasteiger charge is 2.17. The van der Waals surface area contributed by atoms with Crippen molar-refractivity contribution in [1.82, 2.24) is 0 Å². The highest BCUT2D eigenvalue weighted by atomic mass is 19.1. The van der Waals surface area contributed by atoms with E-state index in [1.807, 2.05) is 44.2 Å². The quantitative estimate of drug-likeness (QED) is 0.542. The van der Waals surface area contributed by atoms with E-state index in [0.29, 0.717) is 12.8 Å². The Morgan fingerprint density at radius 1 is 1.35 bits per heavy atom. The number of benzene rings is 1. The van der Waals surface area contributed by atoms with Crippen molar-refractivity contribution in [2.24, 2.45) is 0 Å². The van der Waals surface area contributed by atoms with Crippen LogP contribution in [0.2, 0.25) is 0 Å². The van der Waals surface area contributed by atoms with Crippen molar-refractivity contribution in [1.29, 1.82) is 0 Å². The first kappa shape index (κ1) is 16.5. The molecule has 0 amide bonds. The Kier molecular flexibility index (Phi) is 6.00. The van der Waals surface area contributed by atoms with Crippen molar-refractivity contribution in [3.8, 4) is 0 Å². The number of hydrogen-bond acceptors (Lipinski definition) is 1. The summed E-state index contributed by atoms with van der Waals surface area (Å²) in [5, 5.41) is 0. The Balaban J connectivity index is 2.96. The molecule has 0 aliphatic rings.